The lowest BCUT2D eigenvalue weighted by Crippen LogP contribution is -2.30. The number of anilines is 2. The van der Waals surface area contributed by atoms with E-state index in [1.165, 1.54) is 30.3 Å². The molecule has 33 heavy (non-hydrogen) atoms. The summed E-state index contributed by atoms with van der Waals surface area (Å²) in [4.78, 5) is 51.5. The summed E-state index contributed by atoms with van der Waals surface area (Å²) in [5.74, 6) is -3.24. The van der Waals surface area contributed by atoms with Crippen LogP contribution in [-0.2, 0) is 0 Å². The summed E-state index contributed by atoms with van der Waals surface area (Å²) < 4.78 is 0. The molecular formula is C25H20N2O6. The van der Waals surface area contributed by atoms with Crippen LogP contribution in [0.2, 0.25) is 0 Å². The molecule has 1 aliphatic heterocycles. The summed E-state index contributed by atoms with van der Waals surface area (Å²) in [6, 6.07) is 11.5. The highest BCUT2D eigenvalue weighted by molar-refractivity contribution is 6.35. The van der Waals surface area contributed by atoms with Gasteiger partial charge in [-0.2, -0.15) is 0 Å². The van der Waals surface area contributed by atoms with Crippen molar-refractivity contribution in [3.63, 3.8) is 0 Å². The number of phenolic OH excluding ortho intramolecular Hbond substituents is 1. The number of aromatic hydroxyl groups is 1. The number of nitrogens with zero attached hydrogens (tertiary/aromatic N) is 1. The first-order chi connectivity index (χ1) is 15.6. The van der Waals surface area contributed by atoms with E-state index in [2.05, 4.69) is 5.32 Å². The molecule has 0 fully saturated rings. The lowest BCUT2D eigenvalue weighted by Gasteiger charge is -2.20. The van der Waals surface area contributed by atoms with Crippen molar-refractivity contribution in [3.8, 4) is 5.75 Å². The fraction of sp³-hybridized carbons (Fsp3) is 0.120. The van der Waals surface area contributed by atoms with Crippen LogP contribution in [0.15, 0.2) is 48.5 Å². The van der Waals surface area contributed by atoms with Crippen LogP contribution in [-0.4, -0.2) is 33.9 Å². The number of phenols is 1. The number of carboxylic acid groups (broad SMARTS) is 1. The molecule has 0 atom stereocenters. The number of hydrogen-bond donors (Lipinski definition) is 3. The Morgan fingerprint density at radius 2 is 1.48 bits per heavy atom. The lowest BCUT2D eigenvalue weighted by atomic mass is 10.0. The second-order valence-corrected chi connectivity index (χ2v) is 7.94. The number of aryl methyl sites for hydroxylation is 3. The van der Waals surface area contributed by atoms with Crippen molar-refractivity contribution in [1.29, 1.82) is 0 Å². The molecule has 3 aromatic rings. The fourth-order valence-corrected chi connectivity index (χ4v) is 4.12. The monoisotopic (exact) mass is 444 g/mol. The highest BCUT2D eigenvalue weighted by Crippen LogP contribution is 2.34. The molecule has 8 nitrogen and oxygen atoms in total. The Bertz CT molecular complexity index is 1350. The van der Waals surface area contributed by atoms with Crippen molar-refractivity contribution >= 4 is 35.1 Å². The first-order valence-corrected chi connectivity index (χ1v) is 10.1. The number of carbonyl (C=O) groups is 4. The molecule has 166 valence electrons. The fourth-order valence-electron chi connectivity index (χ4n) is 4.12. The van der Waals surface area contributed by atoms with Crippen LogP contribution in [0.5, 0.6) is 5.75 Å². The van der Waals surface area contributed by atoms with Crippen molar-refractivity contribution in [2.24, 2.45) is 0 Å². The predicted molar refractivity (Wildman–Crippen MR) is 121 cm³/mol. The molecule has 3 aromatic carbocycles. The molecule has 0 aromatic heterocycles. The van der Waals surface area contributed by atoms with Crippen LogP contribution < -0.4 is 10.2 Å². The maximum absolute atomic E-state index is 13.2. The van der Waals surface area contributed by atoms with Crippen molar-refractivity contribution in [2.45, 2.75) is 20.8 Å². The van der Waals surface area contributed by atoms with Crippen LogP contribution in [0.3, 0.4) is 0 Å². The van der Waals surface area contributed by atoms with E-state index in [1.54, 1.807) is 0 Å². The molecule has 4 rings (SSSR count). The van der Waals surface area contributed by atoms with E-state index in [-0.39, 0.29) is 33.7 Å². The Morgan fingerprint density at radius 1 is 0.848 bits per heavy atom. The van der Waals surface area contributed by atoms with Gasteiger partial charge in [-0.1, -0.05) is 17.7 Å². The highest BCUT2D eigenvalue weighted by atomic mass is 16.4. The second kappa shape index (κ2) is 7.90. The second-order valence-electron chi connectivity index (χ2n) is 7.94. The standard InChI is InChI=1S/C25H20N2O6/c1-12-8-13(2)21(14(3)9-12)27-23(30)17-6-4-15(10-18(17)24(27)31)22(29)26-20-7-5-16(28)11-19(20)25(32)33/h4-11,28H,1-3H3,(H,26,29)(H,32,33). The molecule has 0 unspecified atom stereocenters. The van der Waals surface area contributed by atoms with Gasteiger partial charge in [-0.3, -0.25) is 14.4 Å². The topological polar surface area (TPSA) is 124 Å². The van der Waals surface area contributed by atoms with Crippen LogP contribution in [0.1, 0.15) is 58.1 Å². The first kappa shape index (κ1) is 21.8. The molecule has 1 heterocycles. The molecule has 0 saturated heterocycles. The zero-order chi connectivity index (χ0) is 24.0. The van der Waals surface area contributed by atoms with Gasteiger partial charge in [0.2, 0.25) is 0 Å². The molecule has 0 spiro atoms. The van der Waals surface area contributed by atoms with E-state index >= 15 is 0 Å². The van der Waals surface area contributed by atoms with Gasteiger partial charge in [0.25, 0.3) is 17.7 Å². The third-order valence-corrected chi connectivity index (χ3v) is 5.49. The van der Waals surface area contributed by atoms with Gasteiger partial charge in [0, 0.05) is 5.56 Å². The van der Waals surface area contributed by atoms with Gasteiger partial charge in [0.1, 0.15) is 5.75 Å². The molecule has 3 N–H and O–H groups in total. The van der Waals surface area contributed by atoms with Gasteiger partial charge in [0.15, 0.2) is 0 Å². The number of imide groups is 1. The van der Waals surface area contributed by atoms with E-state index in [0.29, 0.717) is 5.69 Å². The van der Waals surface area contributed by atoms with Crippen LogP contribution in [0.4, 0.5) is 11.4 Å². The molecule has 8 heteroatoms. The van der Waals surface area contributed by atoms with E-state index in [4.69, 9.17) is 0 Å². The molecule has 3 amide bonds. The largest absolute Gasteiger partial charge is 0.508 e. The van der Waals surface area contributed by atoms with E-state index in [0.717, 1.165) is 27.7 Å². The van der Waals surface area contributed by atoms with Gasteiger partial charge in [-0.25, -0.2) is 9.69 Å². The normalized spacial score (nSPS) is 12.6. The minimum Gasteiger partial charge on any atom is -0.508 e. The number of carboxylic acids is 1. The predicted octanol–water partition coefficient (Wildman–Crippen LogP) is 4.07. The van der Waals surface area contributed by atoms with E-state index < -0.39 is 23.7 Å². The molecular weight excluding hydrogens is 424 g/mol. The first-order valence-electron chi connectivity index (χ1n) is 10.1. The third-order valence-electron chi connectivity index (χ3n) is 5.49. The molecule has 1 aliphatic rings. The summed E-state index contributed by atoms with van der Waals surface area (Å²) in [5, 5.41) is 21.3. The number of carbonyl (C=O) groups excluding carboxylic acids is 3. The Balaban J connectivity index is 1.68. The third kappa shape index (κ3) is 3.71. The molecule has 0 radical (unpaired) electrons. The number of amides is 3. The Kier molecular flexibility index (Phi) is 5.21. The number of rotatable bonds is 4. The van der Waals surface area contributed by atoms with Gasteiger partial charge in [-0.15, -0.1) is 0 Å². The quantitative estimate of drug-likeness (QED) is 0.412. The van der Waals surface area contributed by atoms with Crippen LogP contribution in [0, 0.1) is 20.8 Å². The average Bonchev–Trinajstić information content (AvgIpc) is 2.99. The van der Waals surface area contributed by atoms with Crippen molar-refractivity contribution < 1.29 is 29.4 Å². The van der Waals surface area contributed by atoms with Crippen molar-refractivity contribution in [3.05, 3.63) is 87.5 Å². The number of benzene rings is 3. The van der Waals surface area contributed by atoms with Gasteiger partial charge < -0.3 is 15.5 Å². The summed E-state index contributed by atoms with van der Waals surface area (Å²) in [6.07, 6.45) is 0. The molecule has 0 bridgehead atoms. The Hall–Kier alpha value is -4.46. The van der Waals surface area contributed by atoms with Gasteiger partial charge >= 0.3 is 5.97 Å². The Labute approximate surface area is 189 Å². The van der Waals surface area contributed by atoms with E-state index in [1.807, 2.05) is 32.9 Å². The zero-order valence-corrected chi connectivity index (χ0v) is 18.1. The number of nitrogens with one attached hydrogen (secondary N) is 1. The summed E-state index contributed by atoms with van der Waals surface area (Å²) in [6.45, 7) is 5.59. The maximum Gasteiger partial charge on any atom is 0.337 e. The minimum atomic E-state index is -1.32. The molecule has 0 saturated carbocycles. The average molecular weight is 444 g/mol. The van der Waals surface area contributed by atoms with Gasteiger partial charge in [-0.05, 0) is 68.3 Å². The zero-order valence-electron chi connectivity index (χ0n) is 18.1. The van der Waals surface area contributed by atoms with Crippen molar-refractivity contribution in [1.82, 2.24) is 0 Å². The smallest absolute Gasteiger partial charge is 0.337 e. The van der Waals surface area contributed by atoms with Crippen LogP contribution >= 0.6 is 0 Å². The van der Waals surface area contributed by atoms with Crippen LogP contribution in [0.25, 0.3) is 0 Å². The summed E-state index contributed by atoms with van der Waals surface area (Å²) in [5.41, 5.74) is 3.17. The molecule has 0 aliphatic carbocycles. The summed E-state index contributed by atoms with van der Waals surface area (Å²) >= 11 is 0. The van der Waals surface area contributed by atoms with Crippen molar-refractivity contribution in [2.75, 3.05) is 10.2 Å². The number of hydrogen-bond acceptors (Lipinski definition) is 5. The maximum atomic E-state index is 13.2. The number of fused-ring (bicyclic) bond motifs is 1. The lowest BCUT2D eigenvalue weighted by molar-refractivity contribution is 0.0697. The Morgan fingerprint density at radius 3 is 2.12 bits per heavy atom. The highest BCUT2D eigenvalue weighted by Gasteiger charge is 2.38. The minimum absolute atomic E-state index is 0.0132. The SMILES string of the molecule is Cc1cc(C)c(N2C(=O)c3ccc(C(=O)Nc4ccc(O)cc4C(=O)O)cc3C2=O)c(C)c1. The van der Waals surface area contributed by atoms with E-state index in [9.17, 15) is 29.4 Å². The van der Waals surface area contributed by atoms with Gasteiger partial charge in [0.05, 0.1) is 28.1 Å². The number of aromatic carboxylic acids is 1. The summed E-state index contributed by atoms with van der Waals surface area (Å²) in [7, 11) is 0.